The number of fused-ring (bicyclic) bond motifs is 1. The van der Waals surface area contributed by atoms with E-state index in [4.69, 9.17) is 27.9 Å². The third-order valence-electron chi connectivity index (χ3n) is 4.72. The Hall–Kier alpha value is -1.75. The van der Waals surface area contributed by atoms with Gasteiger partial charge in [0.1, 0.15) is 6.17 Å². The predicted octanol–water partition coefficient (Wildman–Crippen LogP) is 4.74. The van der Waals surface area contributed by atoms with Gasteiger partial charge in [-0.05, 0) is 37.1 Å². The highest BCUT2D eigenvalue weighted by Crippen LogP contribution is 2.39. The molecule has 2 aromatic carbocycles. The smallest absolute Gasteiger partial charge is 0.257 e. The Kier molecular flexibility index (Phi) is 4.59. The molecule has 2 aromatic rings. The summed E-state index contributed by atoms with van der Waals surface area (Å²) in [6.07, 6.45) is 1.59. The topological polar surface area (TPSA) is 41.6 Å². The summed E-state index contributed by atoms with van der Waals surface area (Å²) in [6.45, 7) is 1.25. The van der Waals surface area contributed by atoms with E-state index in [1.165, 1.54) is 0 Å². The summed E-state index contributed by atoms with van der Waals surface area (Å²) in [4.78, 5) is 14.9. The highest BCUT2D eigenvalue weighted by atomic mass is 35.5. The molecule has 0 saturated carbocycles. The molecule has 4 rings (SSSR count). The van der Waals surface area contributed by atoms with Crippen LogP contribution in [0.15, 0.2) is 42.5 Å². The van der Waals surface area contributed by atoms with Crippen LogP contribution in [0.4, 0.5) is 5.69 Å². The summed E-state index contributed by atoms with van der Waals surface area (Å²) in [5, 5.41) is 4.50. The number of amides is 1. The highest BCUT2D eigenvalue weighted by Gasteiger charge is 2.36. The van der Waals surface area contributed by atoms with E-state index in [0.717, 1.165) is 25.1 Å². The first-order chi connectivity index (χ1) is 12.1. The van der Waals surface area contributed by atoms with E-state index in [1.54, 1.807) is 23.1 Å². The lowest BCUT2D eigenvalue weighted by molar-refractivity contribution is 0.0427. The van der Waals surface area contributed by atoms with Crippen molar-refractivity contribution in [3.05, 3.63) is 63.6 Å². The Bertz CT molecular complexity index is 786. The van der Waals surface area contributed by atoms with Crippen molar-refractivity contribution >= 4 is 34.8 Å². The van der Waals surface area contributed by atoms with Crippen LogP contribution in [0.3, 0.4) is 0 Å². The lowest BCUT2D eigenvalue weighted by Gasteiger charge is -2.39. The van der Waals surface area contributed by atoms with Gasteiger partial charge in [0.25, 0.3) is 5.91 Å². The SMILES string of the molecule is O=C1c2ccccc2N[C@H](c2c(Cl)cccc2Cl)N1C[C@@H]1CCCO1. The molecule has 0 bridgehead atoms. The normalized spacial score (nSPS) is 22.6. The fourth-order valence-corrected chi connectivity index (χ4v) is 4.09. The van der Waals surface area contributed by atoms with Crippen molar-refractivity contribution in [3.63, 3.8) is 0 Å². The quantitative estimate of drug-likeness (QED) is 0.840. The van der Waals surface area contributed by atoms with Crippen molar-refractivity contribution in [1.82, 2.24) is 4.90 Å². The predicted molar refractivity (Wildman–Crippen MR) is 99.3 cm³/mol. The molecule has 25 heavy (non-hydrogen) atoms. The van der Waals surface area contributed by atoms with E-state index in [9.17, 15) is 4.79 Å². The van der Waals surface area contributed by atoms with Gasteiger partial charge in [0.15, 0.2) is 0 Å². The van der Waals surface area contributed by atoms with Gasteiger partial charge in [-0.25, -0.2) is 0 Å². The van der Waals surface area contributed by atoms with Gasteiger partial charge in [-0.15, -0.1) is 0 Å². The van der Waals surface area contributed by atoms with Gasteiger partial charge in [0.2, 0.25) is 0 Å². The molecule has 0 aromatic heterocycles. The maximum atomic E-state index is 13.2. The number of anilines is 1. The number of hydrogen-bond donors (Lipinski definition) is 1. The average Bonchev–Trinajstić information content (AvgIpc) is 3.11. The molecular formula is C19H18Cl2N2O2. The molecule has 1 fully saturated rings. The molecule has 2 aliphatic rings. The summed E-state index contributed by atoms with van der Waals surface area (Å²) in [5.41, 5.74) is 2.16. The molecule has 1 amide bonds. The first-order valence-electron chi connectivity index (χ1n) is 8.37. The molecule has 6 heteroatoms. The molecule has 0 radical (unpaired) electrons. The second-order valence-corrected chi connectivity index (χ2v) is 7.13. The number of hydrogen-bond acceptors (Lipinski definition) is 3. The van der Waals surface area contributed by atoms with E-state index in [1.807, 2.05) is 24.3 Å². The minimum Gasteiger partial charge on any atom is -0.376 e. The Morgan fingerprint density at radius 3 is 2.60 bits per heavy atom. The van der Waals surface area contributed by atoms with E-state index >= 15 is 0 Å². The minimum absolute atomic E-state index is 0.0363. The Morgan fingerprint density at radius 2 is 1.88 bits per heavy atom. The molecule has 0 unspecified atom stereocenters. The van der Waals surface area contributed by atoms with Crippen molar-refractivity contribution in [1.29, 1.82) is 0 Å². The maximum Gasteiger partial charge on any atom is 0.257 e. The number of halogens is 2. The fourth-order valence-electron chi connectivity index (χ4n) is 3.49. The van der Waals surface area contributed by atoms with Crippen molar-refractivity contribution in [2.24, 2.45) is 0 Å². The van der Waals surface area contributed by atoms with Crippen molar-refractivity contribution in [2.75, 3.05) is 18.5 Å². The first kappa shape index (κ1) is 16.7. The summed E-state index contributed by atoms with van der Waals surface area (Å²) >= 11 is 12.9. The molecular weight excluding hydrogens is 359 g/mol. The van der Waals surface area contributed by atoms with E-state index < -0.39 is 6.17 Å². The third-order valence-corrected chi connectivity index (χ3v) is 5.38. The number of nitrogens with zero attached hydrogens (tertiary/aromatic N) is 1. The highest BCUT2D eigenvalue weighted by molar-refractivity contribution is 6.36. The molecule has 1 N–H and O–H groups in total. The van der Waals surface area contributed by atoms with E-state index in [0.29, 0.717) is 27.7 Å². The van der Waals surface area contributed by atoms with Crippen LogP contribution in [0.25, 0.3) is 0 Å². The van der Waals surface area contributed by atoms with Crippen LogP contribution >= 0.6 is 23.2 Å². The second kappa shape index (κ2) is 6.87. The van der Waals surface area contributed by atoms with Crippen LogP contribution in [0.1, 0.15) is 34.9 Å². The summed E-state index contributed by atoms with van der Waals surface area (Å²) in [7, 11) is 0. The summed E-state index contributed by atoms with van der Waals surface area (Å²) in [6, 6.07) is 12.9. The molecule has 2 atom stereocenters. The lowest BCUT2D eigenvalue weighted by atomic mass is 10.0. The Labute approximate surface area is 156 Å². The Morgan fingerprint density at radius 1 is 1.12 bits per heavy atom. The van der Waals surface area contributed by atoms with E-state index in [-0.39, 0.29) is 12.0 Å². The Balaban J connectivity index is 1.77. The molecule has 130 valence electrons. The van der Waals surface area contributed by atoms with Gasteiger partial charge in [-0.1, -0.05) is 41.4 Å². The number of ether oxygens (including phenoxy) is 1. The molecule has 1 saturated heterocycles. The van der Waals surface area contributed by atoms with Crippen LogP contribution in [0, 0.1) is 0 Å². The molecule has 2 heterocycles. The third kappa shape index (κ3) is 3.10. The lowest BCUT2D eigenvalue weighted by Crippen LogP contribution is -2.46. The van der Waals surface area contributed by atoms with Crippen LogP contribution in [0.2, 0.25) is 10.0 Å². The molecule has 4 nitrogen and oxygen atoms in total. The summed E-state index contributed by atoms with van der Waals surface area (Å²) in [5.74, 6) is -0.0363. The molecule has 2 aliphatic heterocycles. The number of benzene rings is 2. The van der Waals surface area contributed by atoms with Gasteiger partial charge in [-0.3, -0.25) is 4.79 Å². The second-order valence-electron chi connectivity index (χ2n) is 6.32. The van der Waals surface area contributed by atoms with Crippen LogP contribution in [-0.2, 0) is 4.74 Å². The first-order valence-corrected chi connectivity index (χ1v) is 9.13. The van der Waals surface area contributed by atoms with Crippen LogP contribution in [0.5, 0.6) is 0 Å². The number of carbonyl (C=O) groups excluding carboxylic acids is 1. The number of nitrogens with one attached hydrogen (secondary N) is 1. The maximum absolute atomic E-state index is 13.2. The fraction of sp³-hybridized carbons (Fsp3) is 0.316. The van der Waals surface area contributed by atoms with Crippen molar-refractivity contribution in [3.8, 4) is 0 Å². The zero-order valence-electron chi connectivity index (χ0n) is 13.5. The average molecular weight is 377 g/mol. The minimum atomic E-state index is -0.423. The van der Waals surface area contributed by atoms with Crippen LogP contribution < -0.4 is 5.32 Å². The van der Waals surface area contributed by atoms with Gasteiger partial charge in [0.05, 0.1) is 11.7 Å². The van der Waals surface area contributed by atoms with Crippen molar-refractivity contribution in [2.45, 2.75) is 25.1 Å². The van der Waals surface area contributed by atoms with Gasteiger partial charge in [0, 0.05) is 34.4 Å². The number of carbonyl (C=O) groups is 1. The van der Waals surface area contributed by atoms with E-state index in [2.05, 4.69) is 5.32 Å². The number of rotatable bonds is 3. The zero-order chi connectivity index (χ0) is 17.4. The molecule has 0 spiro atoms. The monoisotopic (exact) mass is 376 g/mol. The summed E-state index contributed by atoms with van der Waals surface area (Å²) < 4.78 is 5.75. The molecule has 0 aliphatic carbocycles. The zero-order valence-corrected chi connectivity index (χ0v) is 15.1. The van der Waals surface area contributed by atoms with Crippen molar-refractivity contribution < 1.29 is 9.53 Å². The largest absolute Gasteiger partial charge is 0.376 e. The van der Waals surface area contributed by atoms with Gasteiger partial charge in [-0.2, -0.15) is 0 Å². The number of para-hydroxylation sites is 1. The van der Waals surface area contributed by atoms with Gasteiger partial charge < -0.3 is 15.0 Å². The van der Waals surface area contributed by atoms with Crippen LogP contribution in [-0.4, -0.2) is 30.1 Å². The standard InChI is InChI=1S/C19H18Cl2N2O2/c20-14-7-3-8-15(21)17(14)18-22-16-9-2-1-6-13(16)19(24)23(18)11-12-5-4-10-25-12/h1-3,6-9,12,18,22H,4-5,10-11H2/t12-,18-/m0/s1. The van der Waals surface area contributed by atoms with Gasteiger partial charge >= 0.3 is 0 Å².